The second-order valence-electron chi connectivity index (χ2n) is 5.84. The number of sulfonamides is 1. The third kappa shape index (κ3) is 4.72. The molecule has 1 fully saturated rings. The van der Waals surface area contributed by atoms with Crippen molar-refractivity contribution in [3.05, 3.63) is 29.8 Å². The largest absolute Gasteiger partial charge is 0.297 e. The van der Waals surface area contributed by atoms with Crippen molar-refractivity contribution in [2.24, 2.45) is 0 Å². The lowest BCUT2D eigenvalue weighted by molar-refractivity contribution is 0.0392. The summed E-state index contributed by atoms with van der Waals surface area (Å²) in [5.74, 6) is 0. The van der Waals surface area contributed by atoms with Crippen LogP contribution in [0.25, 0.3) is 0 Å². The average molecular weight is 365 g/mol. The van der Waals surface area contributed by atoms with Crippen LogP contribution >= 0.6 is 0 Å². The van der Waals surface area contributed by atoms with Gasteiger partial charge in [-0.15, -0.1) is 0 Å². The van der Waals surface area contributed by atoms with Gasteiger partial charge in [-0.25, -0.2) is 17.1 Å². The summed E-state index contributed by atoms with van der Waals surface area (Å²) in [4.78, 5) is -0.0275. The molecule has 1 saturated heterocycles. The second-order valence-corrected chi connectivity index (χ2v) is 9.44. The van der Waals surface area contributed by atoms with Gasteiger partial charge in [0.25, 0.3) is 10.1 Å². The average Bonchev–Trinajstić information content (AvgIpc) is 2.45. The summed E-state index contributed by atoms with van der Waals surface area (Å²) in [5, 5.41) is 0. The molecule has 1 heterocycles. The highest BCUT2D eigenvalue weighted by molar-refractivity contribution is 7.88. The van der Waals surface area contributed by atoms with Gasteiger partial charge < -0.3 is 0 Å². The minimum absolute atomic E-state index is 0.0171. The van der Waals surface area contributed by atoms with Crippen LogP contribution in [0.15, 0.2) is 29.2 Å². The highest BCUT2D eigenvalue weighted by atomic mass is 32.2. The van der Waals surface area contributed by atoms with Crippen molar-refractivity contribution >= 4 is 20.1 Å². The monoisotopic (exact) mass is 365 g/mol. The SMILES string of the molecule is Cc1ccc(S(=O)(=O)OCC2(F)CCN(S(C)(=O)=O)CC2)cc1. The molecule has 0 N–H and O–H groups in total. The Hall–Kier alpha value is -1.03. The molecule has 2 rings (SSSR count). The zero-order valence-electron chi connectivity index (χ0n) is 13.0. The molecule has 6 nitrogen and oxygen atoms in total. The second kappa shape index (κ2) is 6.46. The molecule has 0 unspecified atom stereocenters. The molecule has 0 saturated carbocycles. The molecule has 0 bridgehead atoms. The van der Waals surface area contributed by atoms with Crippen molar-refractivity contribution in [2.45, 2.75) is 30.3 Å². The van der Waals surface area contributed by atoms with Crippen LogP contribution in [0.3, 0.4) is 0 Å². The number of halogens is 1. The molecule has 0 amide bonds. The molecule has 1 aromatic carbocycles. The summed E-state index contributed by atoms with van der Waals surface area (Å²) >= 11 is 0. The van der Waals surface area contributed by atoms with Crippen molar-refractivity contribution in [1.82, 2.24) is 4.31 Å². The van der Waals surface area contributed by atoms with Crippen LogP contribution in [0.2, 0.25) is 0 Å². The first-order chi connectivity index (χ1) is 10.5. The first-order valence-corrected chi connectivity index (χ1v) is 10.4. The van der Waals surface area contributed by atoms with Gasteiger partial charge in [-0.2, -0.15) is 8.42 Å². The highest BCUT2D eigenvalue weighted by Crippen LogP contribution is 2.29. The van der Waals surface area contributed by atoms with Gasteiger partial charge in [0.2, 0.25) is 10.0 Å². The number of nitrogens with zero attached hydrogens (tertiary/aromatic N) is 1. The smallest absolute Gasteiger partial charge is 0.263 e. The number of rotatable bonds is 5. The van der Waals surface area contributed by atoms with E-state index in [9.17, 15) is 21.2 Å². The highest BCUT2D eigenvalue weighted by Gasteiger charge is 2.38. The van der Waals surface area contributed by atoms with Crippen LogP contribution in [-0.4, -0.2) is 52.8 Å². The minimum Gasteiger partial charge on any atom is -0.263 e. The quantitative estimate of drug-likeness (QED) is 0.738. The molecular weight excluding hydrogens is 345 g/mol. The minimum atomic E-state index is -4.03. The van der Waals surface area contributed by atoms with Crippen LogP contribution < -0.4 is 0 Å². The first-order valence-electron chi connectivity index (χ1n) is 7.12. The summed E-state index contributed by atoms with van der Waals surface area (Å²) in [6, 6.07) is 6.07. The predicted molar refractivity (Wildman–Crippen MR) is 83.8 cm³/mol. The van der Waals surface area contributed by atoms with Crippen molar-refractivity contribution in [3.8, 4) is 0 Å². The fraction of sp³-hybridized carbons (Fsp3) is 0.571. The Balaban J connectivity index is 1.99. The van der Waals surface area contributed by atoms with Gasteiger partial charge in [-0.3, -0.25) is 4.18 Å². The van der Waals surface area contributed by atoms with Crippen LogP contribution in [0.4, 0.5) is 4.39 Å². The lowest BCUT2D eigenvalue weighted by atomic mass is 9.96. The molecule has 0 spiro atoms. The van der Waals surface area contributed by atoms with E-state index in [0.717, 1.165) is 11.8 Å². The van der Waals surface area contributed by atoms with E-state index in [1.54, 1.807) is 12.1 Å². The maximum absolute atomic E-state index is 14.6. The Morgan fingerprint density at radius 1 is 1.13 bits per heavy atom. The van der Waals surface area contributed by atoms with Gasteiger partial charge in [0, 0.05) is 13.1 Å². The third-order valence-electron chi connectivity index (χ3n) is 3.87. The number of aryl methyl sites for hydroxylation is 1. The zero-order chi connectivity index (χ0) is 17.3. The summed E-state index contributed by atoms with van der Waals surface area (Å²) in [5.41, 5.74) is -0.946. The normalized spacial score (nSPS) is 19.6. The van der Waals surface area contributed by atoms with Gasteiger partial charge in [0.1, 0.15) is 12.3 Å². The van der Waals surface area contributed by atoms with Crippen LogP contribution in [0.1, 0.15) is 18.4 Å². The molecule has 0 aromatic heterocycles. The Morgan fingerprint density at radius 3 is 2.13 bits per heavy atom. The van der Waals surface area contributed by atoms with Crippen LogP contribution in [0, 0.1) is 6.92 Å². The van der Waals surface area contributed by atoms with Crippen molar-refractivity contribution in [3.63, 3.8) is 0 Å². The van der Waals surface area contributed by atoms with Crippen molar-refractivity contribution in [1.29, 1.82) is 0 Å². The summed E-state index contributed by atoms with van der Waals surface area (Å²) in [6.07, 6.45) is 0.879. The molecule has 0 atom stereocenters. The van der Waals surface area contributed by atoms with Gasteiger partial charge in [-0.05, 0) is 31.9 Å². The lowest BCUT2D eigenvalue weighted by Crippen LogP contribution is -2.46. The van der Waals surface area contributed by atoms with E-state index in [2.05, 4.69) is 0 Å². The maximum Gasteiger partial charge on any atom is 0.297 e. The van der Waals surface area contributed by atoms with E-state index < -0.39 is 32.4 Å². The lowest BCUT2D eigenvalue weighted by Gasteiger charge is -2.34. The molecule has 9 heteroatoms. The summed E-state index contributed by atoms with van der Waals surface area (Å²) in [7, 11) is -7.39. The molecule has 1 aromatic rings. The third-order valence-corrected chi connectivity index (χ3v) is 6.45. The summed E-state index contributed by atoms with van der Waals surface area (Å²) in [6.45, 7) is 1.25. The Bertz CT molecular complexity index is 751. The molecule has 1 aliphatic heterocycles. The van der Waals surface area contributed by atoms with E-state index in [1.807, 2.05) is 6.92 Å². The molecule has 0 radical (unpaired) electrons. The van der Waals surface area contributed by atoms with E-state index in [-0.39, 0.29) is 30.8 Å². The van der Waals surface area contributed by atoms with Gasteiger partial charge in [0.15, 0.2) is 0 Å². The van der Waals surface area contributed by atoms with Crippen molar-refractivity contribution < 1.29 is 25.4 Å². The molecule has 23 heavy (non-hydrogen) atoms. The predicted octanol–water partition coefficient (Wildman–Crippen LogP) is 1.46. The number of hydrogen-bond acceptors (Lipinski definition) is 5. The molecule has 130 valence electrons. The Kier molecular flexibility index (Phi) is 5.15. The van der Waals surface area contributed by atoms with E-state index in [0.29, 0.717) is 0 Å². The standard InChI is InChI=1S/C14H20FNO5S2/c1-12-3-5-13(6-4-12)23(19,20)21-11-14(15)7-9-16(10-8-14)22(2,17)18/h3-6H,7-11H2,1-2H3. The van der Waals surface area contributed by atoms with Gasteiger partial charge >= 0.3 is 0 Å². The Labute approximate surface area is 136 Å². The fourth-order valence-corrected chi connectivity index (χ4v) is 4.14. The Morgan fingerprint density at radius 2 is 1.65 bits per heavy atom. The number of alkyl halides is 1. The topological polar surface area (TPSA) is 80.8 Å². The molecular formula is C14H20FNO5S2. The van der Waals surface area contributed by atoms with Crippen molar-refractivity contribution in [2.75, 3.05) is 26.0 Å². The molecule has 1 aliphatic rings. The van der Waals surface area contributed by atoms with E-state index in [4.69, 9.17) is 4.18 Å². The van der Waals surface area contributed by atoms with E-state index in [1.165, 1.54) is 16.4 Å². The number of benzene rings is 1. The maximum atomic E-state index is 14.6. The van der Waals surface area contributed by atoms with Crippen LogP contribution in [-0.2, 0) is 24.3 Å². The van der Waals surface area contributed by atoms with Gasteiger partial charge in [-0.1, -0.05) is 17.7 Å². The fourth-order valence-electron chi connectivity index (χ4n) is 2.32. The zero-order valence-corrected chi connectivity index (χ0v) is 14.7. The first kappa shape index (κ1) is 18.3. The summed E-state index contributed by atoms with van der Waals surface area (Å²) < 4.78 is 67.6. The van der Waals surface area contributed by atoms with E-state index >= 15 is 0 Å². The van der Waals surface area contributed by atoms with Crippen LogP contribution in [0.5, 0.6) is 0 Å². The molecule has 0 aliphatic carbocycles. The van der Waals surface area contributed by atoms with Gasteiger partial charge in [0.05, 0.1) is 11.2 Å². The number of piperidine rings is 1. The number of hydrogen-bond donors (Lipinski definition) is 0.